The number of likely N-dealkylation sites (N-methyl/N-ethyl adjacent to an activating group) is 1. The topological polar surface area (TPSA) is 111 Å². The van der Waals surface area contributed by atoms with Gasteiger partial charge in [-0.1, -0.05) is 73.1 Å². The molecule has 3 aromatic carbocycles. The summed E-state index contributed by atoms with van der Waals surface area (Å²) in [5.41, 5.74) is 1.23. The summed E-state index contributed by atoms with van der Waals surface area (Å²) in [6.07, 6.45) is 2.10. The average Bonchev–Trinajstić information content (AvgIpc) is 3.60. The van der Waals surface area contributed by atoms with Gasteiger partial charge in [-0.2, -0.15) is 0 Å². The summed E-state index contributed by atoms with van der Waals surface area (Å²) in [6.45, 7) is 9.26. The molecule has 0 aliphatic carbocycles. The standard InChI is InChI=1S/C39H50ClN5O5/c1-6-31-25-43(34(35(46)41-5)24-27-13-16-28-10-7-8-11-29(28)22-27)20-21-44(31)37(48)32(23-26-14-17-30(40)18-15-26)42-36(47)33-12-9-19-45(33)38(49)50-39(2,3)4/h7-8,10-11,13-18,22,31-34H,6,9,12,19-21,23-25H2,1-5H3,(H,41,46)(H,42,47)/t31-,32+,33?,34-/m0/s1. The number of hydrogen-bond acceptors (Lipinski definition) is 6. The maximum atomic E-state index is 14.5. The fourth-order valence-electron chi connectivity index (χ4n) is 7.05. The number of halogens is 1. The highest BCUT2D eigenvalue weighted by atomic mass is 35.5. The van der Waals surface area contributed by atoms with E-state index in [2.05, 4.69) is 45.9 Å². The molecule has 2 fully saturated rings. The first-order valence-electron chi connectivity index (χ1n) is 17.6. The number of likely N-dealkylation sites (tertiary alicyclic amines) is 1. The Morgan fingerprint density at radius 1 is 0.900 bits per heavy atom. The third-order valence-corrected chi connectivity index (χ3v) is 9.90. The van der Waals surface area contributed by atoms with E-state index in [1.165, 1.54) is 4.90 Å². The van der Waals surface area contributed by atoms with Crippen molar-refractivity contribution >= 4 is 46.2 Å². The van der Waals surface area contributed by atoms with Crippen molar-refractivity contribution in [3.63, 3.8) is 0 Å². The molecule has 1 unspecified atom stereocenters. The Labute approximate surface area is 300 Å². The zero-order valence-electron chi connectivity index (χ0n) is 29.8. The normalized spacial score (nSPS) is 19.6. The van der Waals surface area contributed by atoms with Gasteiger partial charge in [0.05, 0.1) is 6.04 Å². The molecular weight excluding hydrogens is 654 g/mol. The molecule has 0 saturated carbocycles. The fraction of sp³-hybridized carbons (Fsp3) is 0.487. The van der Waals surface area contributed by atoms with Gasteiger partial charge in [0.2, 0.25) is 17.7 Å². The minimum atomic E-state index is -0.863. The van der Waals surface area contributed by atoms with Gasteiger partial charge in [-0.15, -0.1) is 0 Å². The molecule has 268 valence electrons. The number of ether oxygens (including phenoxy) is 1. The van der Waals surface area contributed by atoms with E-state index in [0.717, 1.165) is 21.9 Å². The largest absolute Gasteiger partial charge is 0.444 e. The number of piperazine rings is 1. The molecule has 4 atom stereocenters. The molecule has 0 spiro atoms. The van der Waals surface area contributed by atoms with E-state index in [1.807, 2.05) is 36.1 Å². The number of nitrogens with one attached hydrogen (secondary N) is 2. The highest BCUT2D eigenvalue weighted by Crippen LogP contribution is 2.24. The lowest BCUT2D eigenvalue weighted by Crippen LogP contribution is -2.63. The molecule has 2 aliphatic heterocycles. The van der Waals surface area contributed by atoms with Crippen LogP contribution in [0.1, 0.15) is 58.1 Å². The quantitative estimate of drug-likeness (QED) is 0.301. The first-order chi connectivity index (χ1) is 23.9. The Kier molecular flexibility index (Phi) is 12.1. The van der Waals surface area contributed by atoms with E-state index in [4.69, 9.17) is 16.3 Å². The molecule has 10 nitrogen and oxygen atoms in total. The van der Waals surface area contributed by atoms with Crippen molar-refractivity contribution in [2.24, 2.45) is 0 Å². The summed E-state index contributed by atoms with van der Waals surface area (Å²) < 4.78 is 5.58. The van der Waals surface area contributed by atoms with Crippen LogP contribution in [0.15, 0.2) is 66.7 Å². The molecule has 3 aromatic rings. The van der Waals surface area contributed by atoms with Crippen LogP contribution in [-0.2, 0) is 32.0 Å². The highest BCUT2D eigenvalue weighted by Gasteiger charge is 2.41. The Morgan fingerprint density at radius 3 is 2.28 bits per heavy atom. The van der Waals surface area contributed by atoms with Crippen LogP contribution >= 0.6 is 11.6 Å². The van der Waals surface area contributed by atoms with E-state index in [-0.39, 0.29) is 30.2 Å². The minimum absolute atomic E-state index is 0.0632. The van der Waals surface area contributed by atoms with Crippen molar-refractivity contribution in [3.8, 4) is 0 Å². The van der Waals surface area contributed by atoms with Crippen LogP contribution in [0.2, 0.25) is 5.02 Å². The van der Waals surface area contributed by atoms with E-state index >= 15 is 0 Å². The molecule has 2 heterocycles. The Bertz CT molecular complexity index is 1680. The number of carbonyl (C=O) groups is 4. The van der Waals surface area contributed by atoms with Crippen molar-refractivity contribution in [2.45, 2.75) is 89.6 Å². The van der Waals surface area contributed by atoms with Gasteiger partial charge in [-0.25, -0.2) is 4.79 Å². The van der Waals surface area contributed by atoms with Crippen LogP contribution in [-0.4, -0.2) is 102 Å². The smallest absolute Gasteiger partial charge is 0.410 e. The summed E-state index contributed by atoms with van der Waals surface area (Å²) in [5, 5.41) is 8.74. The summed E-state index contributed by atoms with van der Waals surface area (Å²) in [6, 6.07) is 19.6. The first-order valence-corrected chi connectivity index (χ1v) is 18.0. The second-order valence-electron chi connectivity index (χ2n) is 14.3. The van der Waals surface area contributed by atoms with E-state index in [1.54, 1.807) is 40.0 Å². The number of nitrogens with zero attached hydrogens (tertiary/aromatic N) is 3. The van der Waals surface area contributed by atoms with Crippen molar-refractivity contribution in [2.75, 3.05) is 33.2 Å². The SMILES string of the molecule is CC[C@H]1CN([C@@H](Cc2ccc3ccccc3c2)C(=O)NC)CCN1C(=O)[C@@H](Cc1ccc(Cl)cc1)NC(=O)C1CCCN1C(=O)OC(C)(C)C. The number of benzene rings is 3. The minimum Gasteiger partial charge on any atom is -0.444 e. The lowest BCUT2D eigenvalue weighted by molar-refractivity contribution is -0.142. The third-order valence-electron chi connectivity index (χ3n) is 9.65. The number of fused-ring (bicyclic) bond motifs is 1. The van der Waals surface area contributed by atoms with Crippen LogP contribution in [0.4, 0.5) is 4.79 Å². The number of amides is 4. The number of carbonyl (C=O) groups excluding carboxylic acids is 4. The van der Waals surface area contributed by atoms with Gasteiger partial charge < -0.3 is 20.3 Å². The van der Waals surface area contributed by atoms with Crippen LogP contribution in [0.5, 0.6) is 0 Å². The zero-order chi connectivity index (χ0) is 36.0. The van der Waals surface area contributed by atoms with E-state index in [0.29, 0.717) is 56.9 Å². The van der Waals surface area contributed by atoms with Gasteiger partial charge in [0, 0.05) is 50.7 Å². The van der Waals surface area contributed by atoms with Gasteiger partial charge in [0.25, 0.3) is 0 Å². The molecule has 0 bridgehead atoms. The van der Waals surface area contributed by atoms with Crippen LogP contribution in [0, 0.1) is 0 Å². The lowest BCUT2D eigenvalue weighted by atomic mass is 9.97. The Balaban J connectivity index is 1.33. The highest BCUT2D eigenvalue weighted by molar-refractivity contribution is 6.30. The molecule has 4 amide bonds. The Morgan fingerprint density at radius 2 is 1.60 bits per heavy atom. The summed E-state index contributed by atoms with van der Waals surface area (Å²) >= 11 is 6.15. The Hall–Kier alpha value is -4.15. The average molecular weight is 704 g/mol. The van der Waals surface area contributed by atoms with Crippen LogP contribution < -0.4 is 10.6 Å². The lowest BCUT2D eigenvalue weighted by Gasteiger charge is -2.45. The van der Waals surface area contributed by atoms with Gasteiger partial charge in [-0.05, 0) is 80.5 Å². The second kappa shape index (κ2) is 16.2. The molecule has 2 saturated heterocycles. The van der Waals surface area contributed by atoms with Gasteiger partial charge in [0.1, 0.15) is 17.7 Å². The van der Waals surface area contributed by atoms with Crippen LogP contribution in [0.25, 0.3) is 10.8 Å². The maximum Gasteiger partial charge on any atom is 0.410 e. The summed E-state index contributed by atoms with van der Waals surface area (Å²) in [7, 11) is 1.66. The monoisotopic (exact) mass is 703 g/mol. The fourth-order valence-corrected chi connectivity index (χ4v) is 7.17. The second-order valence-corrected chi connectivity index (χ2v) is 14.8. The molecule has 11 heteroatoms. The summed E-state index contributed by atoms with van der Waals surface area (Å²) in [5.74, 6) is -0.623. The summed E-state index contributed by atoms with van der Waals surface area (Å²) in [4.78, 5) is 60.0. The predicted octanol–water partition coefficient (Wildman–Crippen LogP) is 5.20. The van der Waals surface area contributed by atoms with Gasteiger partial charge in [-0.3, -0.25) is 24.2 Å². The molecule has 5 rings (SSSR count). The number of rotatable bonds is 10. The zero-order valence-corrected chi connectivity index (χ0v) is 30.5. The van der Waals surface area contributed by atoms with Crippen molar-refractivity contribution in [1.29, 1.82) is 0 Å². The van der Waals surface area contributed by atoms with E-state index < -0.39 is 29.8 Å². The van der Waals surface area contributed by atoms with Gasteiger partial charge in [0.15, 0.2) is 0 Å². The molecule has 0 radical (unpaired) electrons. The van der Waals surface area contributed by atoms with E-state index in [9.17, 15) is 19.2 Å². The van der Waals surface area contributed by atoms with Crippen molar-refractivity contribution < 1.29 is 23.9 Å². The van der Waals surface area contributed by atoms with Crippen molar-refractivity contribution in [1.82, 2.24) is 25.3 Å². The molecule has 0 aromatic heterocycles. The molecule has 2 aliphatic rings. The molecular formula is C39H50ClN5O5. The van der Waals surface area contributed by atoms with Crippen LogP contribution in [0.3, 0.4) is 0 Å². The third kappa shape index (κ3) is 9.14. The first kappa shape index (κ1) is 37.1. The predicted molar refractivity (Wildman–Crippen MR) is 196 cm³/mol. The molecule has 2 N–H and O–H groups in total. The molecule has 50 heavy (non-hydrogen) atoms. The van der Waals surface area contributed by atoms with Gasteiger partial charge >= 0.3 is 6.09 Å². The number of hydrogen-bond donors (Lipinski definition) is 2. The van der Waals surface area contributed by atoms with Crippen molar-refractivity contribution in [3.05, 3.63) is 82.9 Å². The maximum absolute atomic E-state index is 14.5.